The molecular weight excluding hydrogens is 276 g/mol. The lowest BCUT2D eigenvalue weighted by Crippen LogP contribution is -2.28. The van der Waals surface area contributed by atoms with Crippen molar-refractivity contribution in [2.24, 2.45) is 0 Å². The lowest BCUT2D eigenvalue weighted by Gasteiger charge is -2.18. The molecule has 14 heavy (non-hydrogen) atoms. The second-order valence-electron chi connectivity index (χ2n) is 4.42. The summed E-state index contributed by atoms with van der Waals surface area (Å²) in [7, 11) is -1.12. The Morgan fingerprint density at radius 1 is 1.21 bits per heavy atom. The van der Waals surface area contributed by atoms with Gasteiger partial charge in [0.25, 0.3) is 0 Å². The molecule has 0 heterocycles. The summed E-state index contributed by atoms with van der Waals surface area (Å²) in [5, 5.41) is 0. The first kappa shape index (κ1) is 12.3. The maximum absolute atomic E-state index is 5.94. The minimum Gasteiger partial charge on any atom is -0.130 e. The first-order chi connectivity index (χ1) is 6.53. The van der Waals surface area contributed by atoms with Crippen molar-refractivity contribution < 1.29 is 0 Å². The van der Waals surface area contributed by atoms with E-state index in [2.05, 4.69) is 53.3 Å². The Labute approximate surface area is 101 Å². The molecule has 0 aromatic heterocycles. The second-order valence-corrected chi connectivity index (χ2v) is 11.2. The molecule has 0 amide bonds. The molecule has 1 aromatic carbocycles. The summed E-state index contributed by atoms with van der Waals surface area (Å²) < 4.78 is 1.15. The van der Waals surface area contributed by atoms with Gasteiger partial charge in [0.05, 0.1) is 8.07 Å². The molecule has 0 unspecified atom stereocenters. The smallest absolute Gasteiger partial charge is 0.0643 e. The number of hydrogen-bond acceptors (Lipinski definition) is 0. The largest absolute Gasteiger partial charge is 0.130 e. The van der Waals surface area contributed by atoms with Crippen LogP contribution in [0.3, 0.4) is 0 Å². The highest BCUT2D eigenvalue weighted by Gasteiger charge is 2.18. The van der Waals surface area contributed by atoms with E-state index in [9.17, 15) is 0 Å². The van der Waals surface area contributed by atoms with Crippen LogP contribution in [0.15, 0.2) is 28.7 Å². The number of hydrogen-bond donors (Lipinski definition) is 0. The quantitative estimate of drug-likeness (QED) is 0.567. The summed E-state index contributed by atoms with van der Waals surface area (Å²) in [5.74, 6) is 0. The summed E-state index contributed by atoms with van der Waals surface area (Å²) in [6.07, 6.45) is 1.17. The predicted molar refractivity (Wildman–Crippen MR) is 70.9 cm³/mol. The van der Waals surface area contributed by atoms with Crippen molar-refractivity contribution in [3.63, 3.8) is 0 Å². The molecule has 1 rings (SSSR count). The van der Waals surface area contributed by atoms with Crippen LogP contribution in [0.5, 0.6) is 0 Å². The topological polar surface area (TPSA) is 0 Å². The summed E-state index contributed by atoms with van der Waals surface area (Å²) in [6.45, 7) is 4.69. The molecule has 0 aliphatic rings. The SMILES string of the molecule is C[Si](C)(CCl)CCc1ccc(Br)cc1. The number of aryl methyl sites for hydroxylation is 1. The highest BCUT2D eigenvalue weighted by Crippen LogP contribution is 2.17. The van der Waals surface area contributed by atoms with Gasteiger partial charge in [-0.05, 0) is 24.1 Å². The third-order valence-electron chi connectivity index (χ3n) is 2.37. The molecular formula is C11H16BrClSi. The number of benzene rings is 1. The fraction of sp³-hybridized carbons (Fsp3) is 0.455. The lowest BCUT2D eigenvalue weighted by molar-refractivity contribution is 1.09. The van der Waals surface area contributed by atoms with Gasteiger partial charge in [0.1, 0.15) is 0 Å². The van der Waals surface area contributed by atoms with Crippen molar-refractivity contribution in [2.75, 3.05) is 5.50 Å². The number of halogens is 2. The molecule has 0 radical (unpaired) electrons. The van der Waals surface area contributed by atoms with Crippen LogP contribution >= 0.6 is 27.5 Å². The number of rotatable bonds is 4. The standard InChI is InChI=1S/C11H16BrClSi/c1-14(2,9-13)8-7-10-3-5-11(12)6-4-10/h3-6H,7-9H2,1-2H3. The third kappa shape index (κ3) is 4.16. The van der Waals surface area contributed by atoms with Gasteiger partial charge in [-0.15, -0.1) is 11.6 Å². The molecule has 1 aromatic rings. The van der Waals surface area contributed by atoms with E-state index in [4.69, 9.17) is 11.6 Å². The van der Waals surface area contributed by atoms with Crippen molar-refractivity contribution >= 4 is 35.6 Å². The maximum Gasteiger partial charge on any atom is 0.0643 e. The van der Waals surface area contributed by atoms with Gasteiger partial charge >= 0.3 is 0 Å². The van der Waals surface area contributed by atoms with E-state index >= 15 is 0 Å². The summed E-state index contributed by atoms with van der Waals surface area (Å²) in [6, 6.07) is 9.85. The van der Waals surface area contributed by atoms with Gasteiger partial charge in [-0.2, -0.15) is 0 Å². The minimum absolute atomic E-state index is 0.865. The van der Waals surface area contributed by atoms with E-state index in [-0.39, 0.29) is 0 Å². The molecule has 0 N–H and O–H groups in total. The Morgan fingerprint density at radius 2 is 1.79 bits per heavy atom. The van der Waals surface area contributed by atoms with Gasteiger partial charge in [-0.25, -0.2) is 0 Å². The van der Waals surface area contributed by atoms with E-state index in [0.29, 0.717) is 0 Å². The van der Waals surface area contributed by atoms with E-state index in [0.717, 1.165) is 9.98 Å². The van der Waals surface area contributed by atoms with Crippen molar-refractivity contribution in [1.82, 2.24) is 0 Å². The van der Waals surface area contributed by atoms with Crippen LogP contribution in [-0.2, 0) is 6.42 Å². The van der Waals surface area contributed by atoms with Crippen molar-refractivity contribution in [3.05, 3.63) is 34.3 Å². The monoisotopic (exact) mass is 290 g/mol. The van der Waals surface area contributed by atoms with E-state index < -0.39 is 8.07 Å². The fourth-order valence-electron chi connectivity index (χ4n) is 1.20. The van der Waals surface area contributed by atoms with Crippen molar-refractivity contribution in [1.29, 1.82) is 0 Å². The van der Waals surface area contributed by atoms with Crippen molar-refractivity contribution in [2.45, 2.75) is 25.6 Å². The highest BCUT2D eigenvalue weighted by molar-refractivity contribution is 9.10. The first-order valence-electron chi connectivity index (χ1n) is 4.84. The predicted octanol–water partition coefficient (Wildman–Crippen LogP) is 4.48. The number of alkyl halides is 1. The maximum atomic E-state index is 5.94. The van der Waals surface area contributed by atoms with E-state index in [1.807, 2.05) is 0 Å². The van der Waals surface area contributed by atoms with Crippen LogP contribution in [0.4, 0.5) is 0 Å². The zero-order valence-corrected chi connectivity index (χ0v) is 12.0. The van der Waals surface area contributed by atoms with Crippen molar-refractivity contribution in [3.8, 4) is 0 Å². The minimum atomic E-state index is -1.12. The molecule has 0 spiro atoms. The summed E-state index contributed by atoms with van der Waals surface area (Å²) >= 11 is 9.38. The van der Waals surface area contributed by atoms with Gasteiger partial charge in [0.15, 0.2) is 0 Å². The molecule has 0 atom stereocenters. The van der Waals surface area contributed by atoms with Gasteiger partial charge < -0.3 is 0 Å². The lowest BCUT2D eigenvalue weighted by atomic mass is 10.2. The molecule has 0 fully saturated rings. The molecule has 0 aliphatic carbocycles. The Balaban J connectivity index is 2.50. The van der Waals surface area contributed by atoms with E-state index in [1.165, 1.54) is 18.0 Å². The average Bonchev–Trinajstić information content (AvgIpc) is 2.17. The molecule has 0 saturated carbocycles. The van der Waals surface area contributed by atoms with Crippen LogP contribution in [0.25, 0.3) is 0 Å². The Kier molecular flexibility index (Phi) is 4.68. The summed E-state index contributed by atoms with van der Waals surface area (Å²) in [4.78, 5) is 0. The second kappa shape index (κ2) is 5.33. The molecule has 0 nitrogen and oxygen atoms in total. The Bertz CT molecular complexity index is 282. The van der Waals surface area contributed by atoms with Crippen LogP contribution < -0.4 is 0 Å². The molecule has 3 heteroatoms. The molecule has 0 aliphatic heterocycles. The van der Waals surface area contributed by atoms with Crippen LogP contribution in [-0.4, -0.2) is 13.6 Å². The van der Waals surface area contributed by atoms with Crippen LogP contribution in [0.2, 0.25) is 19.1 Å². The molecule has 0 bridgehead atoms. The molecule has 0 saturated heterocycles. The zero-order valence-electron chi connectivity index (χ0n) is 8.69. The van der Waals surface area contributed by atoms with E-state index in [1.54, 1.807) is 0 Å². The van der Waals surface area contributed by atoms with Gasteiger partial charge in [-0.1, -0.05) is 47.2 Å². The van der Waals surface area contributed by atoms with Crippen LogP contribution in [0.1, 0.15) is 5.56 Å². The molecule has 78 valence electrons. The Morgan fingerprint density at radius 3 is 2.29 bits per heavy atom. The van der Waals surface area contributed by atoms with Crippen LogP contribution in [0, 0.1) is 0 Å². The van der Waals surface area contributed by atoms with Gasteiger partial charge in [0, 0.05) is 9.98 Å². The summed E-state index contributed by atoms with van der Waals surface area (Å²) in [5.41, 5.74) is 2.28. The van der Waals surface area contributed by atoms with Gasteiger partial charge in [-0.3, -0.25) is 0 Å². The Hall–Kier alpha value is 0.207. The normalized spacial score (nSPS) is 11.7. The highest BCUT2D eigenvalue weighted by atomic mass is 79.9. The van der Waals surface area contributed by atoms with Gasteiger partial charge in [0.2, 0.25) is 0 Å². The zero-order chi connectivity index (χ0) is 10.6. The first-order valence-corrected chi connectivity index (χ1v) is 9.58. The fourth-order valence-corrected chi connectivity index (χ4v) is 2.96. The third-order valence-corrected chi connectivity index (χ3v) is 7.39. The average molecular weight is 292 g/mol.